The molecule has 98 valence electrons. The topological polar surface area (TPSA) is 55.6 Å². The Kier molecular flexibility index (Phi) is 2.87. The quantitative estimate of drug-likeness (QED) is 0.893. The van der Waals surface area contributed by atoms with Crippen LogP contribution in [0.4, 0.5) is 5.69 Å². The summed E-state index contributed by atoms with van der Waals surface area (Å²) in [5, 5.41) is 2.14. The normalized spacial score (nSPS) is 18.3. The molecule has 0 fully saturated rings. The van der Waals surface area contributed by atoms with Crippen molar-refractivity contribution in [3.8, 4) is 5.75 Å². The molecular formula is C15H16N2O2. The van der Waals surface area contributed by atoms with E-state index < -0.39 is 6.10 Å². The van der Waals surface area contributed by atoms with Crippen LogP contribution in [0.25, 0.3) is 10.8 Å². The molecule has 4 nitrogen and oxygen atoms in total. The zero-order valence-electron chi connectivity index (χ0n) is 10.8. The van der Waals surface area contributed by atoms with Gasteiger partial charge in [0.25, 0.3) is 5.91 Å². The molecule has 0 bridgehead atoms. The number of nitrogens with zero attached hydrogens (tertiary/aromatic N) is 1. The number of hydrogen-bond acceptors (Lipinski definition) is 3. The van der Waals surface area contributed by atoms with Gasteiger partial charge in [-0.05, 0) is 18.4 Å². The molecule has 2 aromatic rings. The Morgan fingerprint density at radius 1 is 1.26 bits per heavy atom. The lowest BCUT2D eigenvalue weighted by Crippen LogP contribution is -2.46. The van der Waals surface area contributed by atoms with Crippen molar-refractivity contribution in [2.75, 3.05) is 18.0 Å². The van der Waals surface area contributed by atoms with Gasteiger partial charge in [-0.1, -0.05) is 30.3 Å². The number of hydrogen-bond donors (Lipinski definition) is 1. The second-order valence-electron chi connectivity index (χ2n) is 4.67. The first-order valence-corrected chi connectivity index (χ1v) is 6.42. The van der Waals surface area contributed by atoms with Crippen LogP contribution in [0.1, 0.15) is 6.92 Å². The summed E-state index contributed by atoms with van der Waals surface area (Å²) in [6, 6.07) is 11.9. The van der Waals surface area contributed by atoms with E-state index >= 15 is 0 Å². The molecule has 19 heavy (non-hydrogen) atoms. The van der Waals surface area contributed by atoms with E-state index in [1.807, 2.05) is 36.4 Å². The molecule has 0 aromatic heterocycles. The monoisotopic (exact) mass is 256 g/mol. The number of carbonyl (C=O) groups excluding carboxylic acids is 1. The first-order chi connectivity index (χ1) is 9.22. The molecule has 1 heterocycles. The molecule has 3 rings (SSSR count). The molecule has 1 aliphatic rings. The Balaban J connectivity index is 2.22. The molecular weight excluding hydrogens is 240 g/mol. The van der Waals surface area contributed by atoms with Crippen molar-refractivity contribution in [1.29, 1.82) is 0 Å². The van der Waals surface area contributed by atoms with Crippen molar-refractivity contribution in [3.63, 3.8) is 0 Å². The molecule has 2 N–H and O–H groups in total. The zero-order chi connectivity index (χ0) is 13.4. The van der Waals surface area contributed by atoms with E-state index in [1.165, 1.54) is 0 Å². The van der Waals surface area contributed by atoms with Gasteiger partial charge in [0.05, 0.1) is 5.69 Å². The predicted octanol–water partition coefficient (Wildman–Crippen LogP) is 1.91. The number of rotatable bonds is 2. The zero-order valence-corrected chi connectivity index (χ0v) is 10.8. The second-order valence-corrected chi connectivity index (χ2v) is 4.67. The first-order valence-electron chi connectivity index (χ1n) is 6.42. The van der Waals surface area contributed by atoms with E-state index in [9.17, 15) is 4.79 Å². The minimum Gasteiger partial charge on any atom is -0.478 e. The van der Waals surface area contributed by atoms with Crippen molar-refractivity contribution >= 4 is 22.4 Å². The molecule has 0 radical (unpaired) electrons. The number of amides is 1. The highest BCUT2D eigenvalue weighted by atomic mass is 16.5. The van der Waals surface area contributed by atoms with Crippen LogP contribution in [0.2, 0.25) is 0 Å². The SMILES string of the molecule is CC1Oc2c(ccc3ccccc23)N(CCN)C1=O. The lowest BCUT2D eigenvalue weighted by Gasteiger charge is -2.33. The van der Waals surface area contributed by atoms with E-state index in [0.29, 0.717) is 13.1 Å². The Morgan fingerprint density at radius 2 is 2.05 bits per heavy atom. The molecule has 1 amide bonds. The predicted molar refractivity (Wildman–Crippen MR) is 75.4 cm³/mol. The Bertz CT molecular complexity index is 639. The van der Waals surface area contributed by atoms with E-state index in [1.54, 1.807) is 11.8 Å². The van der Waals surface area contributed by atoms with Crippen molar-refractivity contribution in [3.05, 3.63) is 36.4 Å². The van der Waals surface area contributed by atoms with Crippen molar-refractivity contribution in [2.24, 2.45) is 5.73 Å². The van der Waals surface area contributed by atoms with Gasteiger partial charge >= 0.3 is 0 Å². The molecule has 4 heteroatoms. The maximum Gasteiger partial charge on any atom is 0.267 e. The molecule has 0 saturated carbocycles. The van der Waals surface area contributed by atoms with Gasteiger partial charge in [-0.3, -0.25) is 4.79 Å². The highest BCUT2D eigenvalue weighted by molar-refractivity contribution is 6.05. The van der Waals surface area contributed by atoms with Crippen LogP contribution in [0, 0.1) is 0 Å². The smallest absolute Gasteiger partial charge is 0.267 e. The number of nitrogens with two attached hydrogens (primary N) is 1. The summed E-state index contributed by atoms with van der Waals surface area (Å²) in [6.07, 6.45) is -0.468. The van der Waals surface area contributed by atoms with E-state index in [4.69, 9.17) is 10.5 Å². The highest BCUT2D eigenvalue weighted by Crippen LogP contribution is 2.39. The van der Waals surface area contributed by atoms with E-state index in [2.05, 4.69) is 0 Å². The fourth-order valence-corrected chi connectivity index (χ4v) is 2.49. The van der Waals surface area contributed by atoms with Crippen LogP contribution in [-0.2, 0) is 4.79 Å². The van der Waals surface area contributed by atoms with Gasteiger partial charge in [-0.15, -0.1) is 0 Å². The van der Waals surface area contributed by atoms with Gasteiger partial charge in [0.2, 0.25) is 0 Å². The minimum atomic E-state index is -0.468. The fraction of sp³-hybridized carbons (Fsp3) is 0.267. The number of carbonyl (C=O) groups is 1. The summed E-state index contributed by atoms with van der Waals surface area (Å²) in [5.74, 6) is 0.742. The van der Waals surface area contributed by atoms with Crippen LogP contribution in [0.15, 0.2) is 36.4 Å². The van der Waals surface area contributed by atoms with Gasteiger partial charge in [-0.2, -0.15) is 0 Å². The summed E-state index contributed by atoms with van der Waals surface area (Å²) in [7, 11) is 0. The van der Waals surface area contributed by atoms with Crippen LogP contribution < -0.4 is 15.4 Å². The van der Waals surface area contributed by atoms with Crippen LogP contribution in [0.5, 0.6) is 5.75 Å². The summed E-state index contributed by atoms with van der Waals surface area (Å²) in [6.45, 7) is 2.72. The molecule has 1 atom stereocenters. The molecule has 1 unspecified atom stereocenters. The lowest BCUT2D eigenvalue weighted by molar-refractivity contribution is -0.125. The lowest BCUT2D eigenvalue weighted by atomic mass is 10.1. The molecule has 2 aromatic carbocycles. The molecule has 0 aliphatic carbocycles. The third kappa shape index (κ3) is 1.85. The van der Waals surface area contributed by atoms with Crippen LogP contribution in [-0.4, -0.2) is 25.1 Å². The van der Waals surface area contributed by atoms with Crippen molar-refractivity contribution < 1.29 is 9.53 Å². The number of ether oxygens (including phenoxy) is 1. The second kappa shape index (κ2) is 4.55. The number of benzene rings is 2. The average molecular weight is 256 g/mol. The van der Waals surface area contributed by atoms with Crippen LogP contribution in [0.3, 0.4) is 0 Å². The maximum absolute atomic E-state index is 12.2. The number of fused-ring (bicyclic) bond motifs is 3. The summed E-state index contributed by atoms with van der Waals surface area (Å²) in [5.41, 5.74) is 6.41. The fourth-order valence-electron chi connectivity index (χ4n) is 2.49. The van der Waals surface area contributed by atoms with Crippen molar-refractivity contribution in [2.45, 2.75) is 13.0 Å². The summed E-state index contributed by atoms with van der Waals surface area (Å²) < 4.78 is 5.80. The molecule has 1 aliphatic heterocycles. The van der Waals surface area contributed by atoms with Gasteiger partial charge in [0.15, 0.2) is 11.9 Å². The largest absolute Gasteiger partial charge is 0.478 e. The third-order valence-electron chi connectivity index (χ3n) is 3.41. The summed E-state index contributed by atoms with van der Waals surface area (Å²) >= 11 is 0. The molecule has 0 saturated heterocycles. The van der Waals surface area contributed by atoms with Gasteiger partial charge < -0.3 is 15.4 Å². The van der Waals surface area contributed by atoms with Gasteiger partial charge in [0.1, 0.15) is 0 Å². The molecule has 0 spiro atoms. The Labute approximate surface area is 111 Å². The Morgan fingerprint density at radius 3 is 2.84 bits per heavy atom. The highest BCUT2D eigenvalue weighted by Gasteiger charge is 2.31. The maximum atomic E-state index is 12.2. The first kappa shape index (κ1) is 12.0. The van der Waals surface area contributed by atoms with E-state index in [-0.39, 0.29) is 5.91 Å². The van der Waals surface area contributed by atoms with Crippen molar-refractivity contribution in [1.82, 2.24) is 0 Å². The van der Waals surface area contributed by atoms with Crippen LogP contribution >= 0.6 is 0 Å². The number of anilines is 1. The third-order valence-corrected chi connectivity index (χ3v) is 3.41. The Hall–Kier alpha value is -2.07. The van der Waals surface area contributed by atoms with Gasteiger partial charge in [-0.25, -0.2) is 0 Å². The average Bonchev–Trinajstić information content (AvgIpc) is 2.44. The minimum absolute atomic E-state index is 0.0340. The standard InChI is InChI=1S/C15H16N2O2/c1-10-15(18)17(9-8-16)13-7-6-11-4-2-3-5-12(11)14(13)19-10/h2-7,10H,8-9,16H2,1H3. The summed E-state index contributed by atoms with van der Waals surface area (Å²) in [4.78, 5) is 13.9. The van der Waals surface area contributed by atoms with E-state index in [0.717, 1.165) is 22.2 Å². The van der Waals surface area contributed by atoms with Gasteiger partial charge in [0, 0.05) is 18.5 Å².